The Labute approximate surface area is 126 Å². The summed E-state index contributed by atoms with van der Waals surface area (Å²) >= 11 is 0. The lowest BCUT2D eigenvalue weighted by Gasteiger charge is -2.36. The molecule has 1 rings (SSSR count). The average Bonchev–Trinajstić information content (AvgIpc) is 2.34. The molecule has 1 aliphatic rings. The molecule has 6 heteroatoms. The lowest BCUT2D eigenvalue weighted by atomic mass is 9.98. The Balaban J connectivity index is 2.55. The summed E-state index contributed by atoms with van der Waals surface area (Å²) in [7, 11) is 0. The summed E-state index contributed by atoms with van der Waals surface area (Å²) < 4.78 is 21.7. The predicted molar refractivity (Wildman–Crippen MR) is 75.5 cm³/mol. The van der Waals surface area contributed by atoms with Gasteiger partial charge in [0.15, 0.2) is 6.29 Å². The summed E-state index contributed by atoms with van der Waals surface area (Å²) in [6.07, 6.45) is 0.00900. The van der Waals surface area contributed by atoms with Crippen LogP contribution in [0.25, 0.3) is 0 Å². The maximum absolute atomic E-state index is 11.1. The second-order valence-electron chi connectivity index (χ2n) is 6.50. The van der Waals surface area contributed by atoms with E-state index in [0.29, 0.717) is 19.4 Å². The Kier molecular flexibility index (Phi) is 6.61. The first kappa shape index (κ1) is 17.9. The minimum absolute atomic E-state index is 0.0431. The molecule has 0 radical (unpaired) electrons. The summed E-state index contributed by atoms with van der Waals surface area (Å²) in [6, 6.07) is 0. The number of carbonyl (C=O) groups excluding carboxylic acids is 2. The zero-order chi connectivity index (χ0) is 16.0. The number of hydrogen-bond acceptors (Lipinski definition) is 6. The van der Waals surface area contributed by atoms with E-state index in [2.05, 4.69) is 20.8 Å². The molecule has 0 bridgehead atoms. The van der Waals surface area contributed by atoms with E-state index in [0.717, 1.165) is 0 Å². The molecule has 122 valence electrons. The van der Waals surface area contributed by atoms with Gasteiger partial charge in [-0.1, -0.05) is 20.8 Å². The van der Waals surface area contributed by atoms with Gasteiger partial charge in [-0.25, -0.2) is 0 Å². The van der Waals surface area contributed by atoms with Gasteiger partial charge < -0.3 is 18.9 Å². The maximum Gasteiger partial charge on any atom is 0.302 e. The molecule has 0 aromatic carbocycles. The Bertz CT molecular complexity index is 360. The summed E-state index contributed by atoms with van der Waals surface area (Å²) in [4.78, 5) is 22.1. The minimum Gasteiger partial charge on any atom is -0.463 e. The zero-order valence-corrected chi connectivity index (χ0v) is 13.5. The molecule has 0 spiro atoms. The molecule has 21 heavy (non-hydrogen) atoms. The first-order valence-corrected chi connectivity index (χ1v) is 7.25. The summed E-state index contributed by atoms with van der Waals surface area (Å²) in [5, 5.41) is 0. The van der Waals surface area contributed by atoms with Crippen LogP contribution in [-0.2, 0) is 28.5 Å². The van der Waals surface area contributed by atoms with Crippen LogP contribution < -0.4 is 0 Å². The van der Waals surface area contributed by atoms with Crippen molar-refractivity contribution >= 4 is 11.9 Å². The molecule has 0 aromatic rings. The van der Waals surface area contributed by atoms with E-state index >= 15 is 0 Å². The van der Waals surface area contributed by atoms with Crippen molar-refractivity contribution in [3.63, 3.8) is 0 Å². The van der Waals surface area contributed by atoms with Gasteiger partial charge in [0.2, 0.25) is 0 Å². The molecule has 1 heterocycles. The van der Waals surface area contributed by atoms with Crippen LogP contribution in [0.4, 0.5) is 0 Å². The van der Waals surface area contributed by atoms with E-state index < -0.39 is 18.2 Å². The van der Waals surface area contributed by atoms with Crippen LogP contribution in [0, 0.1) is 5.41 Å². The Hall–Kier alpha value is -1.14. The fraction of sp³-hybridized carbons (Fsp3) is 0.867. The first-order chi connectivity index (χ1) is 9.67. The second kappa shape index (κ2) is 7.75. The third-order valence-corrected chi connectivity index (χ3v) is 2.90. The van der Waals surface area contributed by atoms with Gasteiger partial charge in [-0.2, -0.15) is 0 Å². The third kappa shape index (κ3) is 7.43. The van der Waals surface area contributed by atoms with Gasteiger partial charge in [0.1, 0.15) is 18.8 Å². The zero-order valence-electron chi connectivity index (χ0n) is 13.5. The highest BCUT2D eigenvalue weighted by Crippen LogP contribution is 2.25. The Morgan fingerprint density at radius 2 is 1.81 bits per heavy atom. The standard InChI is InChI=1S/C15H26O6/c1-10(16)18-8-13-12(20-11(2)17)6-7-14(21-13)19-9-15(3,4)5/h12-14H,6-9H2,1-5H3/t12-,13+,14-/m0/s1. The largest absolute Gasteiger partial charge is 0.463 e. The molecule has 1 aliphatic heterocycles. The molecule has 0 unspecified atom stereocenters. The van der Waals surface area contributed by atoms with Crippen LogP contribution in [0.15, 0.2) is 0 Å². The van der Waals surface area contributed by atoms with Crippen molar-refractivity contribution in [1.82, 2.24) is 0 Å². The fourth-order valence-corrected chi connectivity index (χ4v) is 2.00. The van der Waals surface area contributed by atoms with E-state index in [4.69, 9.17) is 18.9 Å². The predicted octanol–water partition coefficient (Wildman–Crippen LogP) is 2.05. The monoisotopic (exact) mass is 302 g/mol. The van der Waals surface area contributed by atoms with Gasteiger partial charge >= 0.3 is 11.9 Å². The highest BCUT2D eigenvalue weighted by atomic mass is 16.7. The Morgan fingerprint density at radius 3 is 2.33 bits per heavy atom. The number of esters is 2. The van der Waals surface area contributed by atoms with Crippen LogP contribution >= 0.6 is 0 Å². The van der Waals surface area contributed by atoms with Gasteiger partial charge in [-0.15, -0.1) is 0 Å². The molecule has 0 N–H and O–H groups in total. The molecule has 0 aliphatic carbocycles. The van der Waals surface area contributed by atoms with Crippen molar-refractivity contribution in [2.24, 2.45) is 5.41 Å². The summed E-state index contributed by atoms with van der Waals surface area (Å²) in [6.45, 7) is 9.54. The number of hydrogen-bond donors (Lipinski definition) is 0. The molecule has 3 atom stereocenters. The van der Waals surface area contributed by atoms with Crippen molar-refractivity contribution in [3.8, 4) is 0 Å². The van der Waals surface area contributed by atoms with Crippen LogP contribution in [-0.4, -0.2) is 43.7 Å². The fourth-order valence-electron chi connectivity index (χ4n) is 2.00. The highest BCUT2D eigenvalue weighted by Gasteiger charge is 2.35. The van der Waals surface area contributed by atoms with E-state index in [1.807, 2.05) is 0 Å². The van der Waals surface area contributed by atoms with E-state index in [9.17, 15) is 9.59 Å². The van der Waals surface area contributed by atoms with Crippen LogP contribution in [0.1, 0.15) is 47.5 Å². The SMILES string of the molecule is CC(=O)OC[C@H]1O[C@H](OCC(C)(C)C)CC[C@@H]1OC(C)=O. The van der Waals surface area contributed by atoms with Crippen LogP contribution in [0.3, 0.4) is 0 Å². The van der Waals surface area contributed by atoms with Crippen molar-refractivity contribution in [1.29, 1.82) is 0 Å². The molecule has 1 saturated heterocycles. The van der Waals surface area contributed by atoms with Crippen LogP contribution in [0.2, 0.25) is 0 Å². The average molecular weight is 302 g/mol. The number of carbonyl (C=O) groups is 2. The smallest absolute Gasteiger partial charge is 0.302 e. The number of ether oxygens (including phenoxy) is 4. The first-order valence-electron chi connectivity index (χ1n) is 7.25. The van der Waals surface area contributed by atoms with Crippen molar-refractivity contribution < 1.29 is 28.5 Å². The van der Waals surface area contributed by atoms with Gasteiger partial charge in [0, 0.05) is 20.3 Å². The van der Waals surface area contributed by atoms with Crippen molar-refractivity contribution in [2.75, 3.05) is 13.2 Å². The van der Waals surface area contributed by atoms with Gasteiger partial charge in [-0.3, -0.25) is 9.59 Å². The Morgan fingerprint density at radius 1 is 1.14 bits per heavy atom. The second-order valence-corrected chi connectivity index (χ2v) is 6.50. The van der Waals surface area contributed by atoms with E-state index in [1.54, 1.807) is 0 Å². The van der Waals surface area contributed by atoms with Gasteiger partial charge in [0.05, 0.1) is 6.61 Å². The summed E-state index contributed by atoms with van der Waals surface area (Å²) in [5.74, 6) is -0.761. The van der Waals surface area contributed by atoms with Gasteiger partial charge in [-0.05, 0) is 11.8 Å². The van der Waals surface area contributed by atoms with Crippen molar-refractivity contribution in [2.45, 2.75) is 66.0 Å². The lowest BCUT2D eigenvalue weighted by molar-refractivity contribution is -0.243. The molecular formula is C15H26O6. The third-order valence-electron chi connectivity index (χ3n) is 2.90. The minimum atomic E-state index is -0.489. The molecular weight excluding hydrogens is 276 g/mol. The maximum atomic E-state index is 11.1. The van der Waals surface area contributed by atoms with Gasteiger partial charge in [0.25, 0.3) is 0 Å². The molecule has 1 fully saturated rings. The molecule has 6 nitrogen and oxygen atoms in total. The molecule has 0 saturated carbocycles. The van der Waals surface area contributed by atoms with Crippen LogP contribution in [0.5, 0.6) is 0 Å². The normalized spacial score (nSPS) is 26.2. The summed E-state index contributed by atoms with van der Waals surface area (Å²) in [5.41, 5.74) is 0.0431. The van der Waals surface area contributed by atoms with E-state index in [1.165, 1.54) is 13.8 Å². The highest BCUT2D eigenvalue weighted by molar-refractivity contribution is 5.66. The quantitative estimate of drug-likeness (QED) is 0.724. The topological polar surface area (TPSA) is 71.1 Å². The lowest BCUT2D eigenvalue weighted by Crippen LogP contribution is -2.45. The number of rotatable bonds is 5. The van der Waals surface area contributed by atoms with Crippen molar-refractivity contribution in [3.05, 3.63) is 0 Å². The molecule has 0 aromatic heterocycles. The van der Waals surface area contributed by atoms with E-state index in [-0.39, 0.29) is 24.3 Å². The molecule has 0 amide bonds.